The fourth-order valence-corrected chi connectivity index (χ4v) is 2.17. The molecule has 0 aliphatic heterocycles. The Balaban J connectivity index is 2.62. The van der Waals surface area contributed by atoms with Crippen LogP contribution in [0.3, 0.4) is 0 Å². The standard InChI is InChI=1S/C13H26N4/c1-10(2)5-12(7-14)6-13-16-15-9-17(13)8-11(3)4/h9-12H,5-8,14H2,1-4H3. The van der Waals surface area contributed by atoms with Gasteiger partial charge in [0, 0.05) is 13.0 Å². The number of aromatic nitrogens is 3. The third-order valence-corrected chi connectivity index (χ3v) is 2.87. The highest BCUT2D eigenvalue weighted by Gasteiger charge is 2.14. The maximum Gasteiger partial charge on any atom is 0.133 e. The zero-order chi connectivity index (χ0) is 12.8. The van der Waals surface area contributed by atoms with Gasteiger partial charge >= 0.3 is 0 Å². The Morgan fingerprint density at radius 2 is 1.94 bits per heavy atom. The Hall–Kier alpha value is -0.900. The van der Waals surface area contributed by atoms with Crippen LogP contribution in [0.25, 0.3) is 0 Å². The van der Waals surface area contributed by atoms with Crippen molar-refractivity contribution in [3.63, 3.8) is 0 Å². The highest BCUT2D eigenvalue weighted by molar-refractivity contribution is 4.89. The molecule has 1 heterocycles. The first-order chi connectivity index (χ1) is 8.02. The van der Waals surface area contributed by atoms with Crippen LogP contribution in [0.2, 0.25) is 0 Å². The van der Waals surface area contributed by atoms with Crippen LogP contribution in [0, 0.1) is 17.8 Å². The molecule has 0 spiro atoms. The predicted molar refractivity (Wildman–Crippen MR) is 70.6 cm³/mol. The lowest BCUT2D eigenvalue weighted by molar-refractivity contribution is 0.396. The fraction of sp³-hybridized carbons (Fsp3) is 0.846. The van der Waals surface area contributed by atoms with Gasteiger partial charge in [-0.1, -0.05) is 27.7 Å². The molecule has 0 bridgehead atoms. The van der Waals surface area contributed by atoms with Crippen LogP contribution < -0.4 is 5.73 Å². The summed E-state index contributed by atoms with van der Waals surface area (Å²) in [6, 6.07) is 0. The van der Waals surface area contributed by atoms with Crippen LogP contribution in [-0.2, 0) is 13.0 Å². The predicted octanol–water partition coefficient (Wildman–Crippen LogP) is 2.10. The van der Waals surface area contributed by atoms with E-state index in [2.05, 4.69) is 42.5 Å². The summed E-state index contributed by atoms with van der Waals surface area (Å²) in [4.78, 5) is 0. The summed E-state index contributed by atoms with van der Waals surface area (Å²) in [7, 11) is 0. The number of hydrogen-bond donors (Lipinski definition) is 1. The molecule has 0 saturated heterocycles. The van der Waals surface area contributed by atoms with Crippen LogP contribution >= 0.6 is 0 Å². The molecular formula is C13H26N4. The summed E-state index contributed by atoms with van der Waals surface area (Å²) in [5.74, 6) is 2.90. The maximum absolute atomic E-state index is 5.83. The van der Waals surface area contributed by atoms with Gasteiger partial charge in [0.05, 0.1) is 0 Å². The Bertz CT molecular complexity index is 317. The first-order valence-electron chi connectivity index (χ1n) is 6.59. The van der Waals surface area contributed by atoms with E-state index in [-0.39, 0.29) is 0 Å². The molecule has 4 nitrogen and oxygen atoms in total. The molecule has 1 aromatic rings. The van der Waals surface area contributed by atoms with Crippen LogP contribution in [0.1, 0.15) is 39.9 Å². The van der Waals surface area contributed by atoms with Crippen molar-refractivity contribution in [2.24, 2.45) is 23.5 Å². The van der Waals surface area contributed by atoms with Gasteiger partial charge in [0.15, 0.2) is 0 Å². The second-order valence-electron chi connectivity index (χ2n) is 5.73. The third-order valence-electron chi connectivity index (χ3n) is 2.87. The second-order valence-corrected chi connectivity index (χ2v) is 5.73. The van der Waals surface area contributed by atoms with E-state index in [9.17, 15) is 0 Å². The molecule has 17 heavy (non-hydrogen) atoms. The minimum atomic E-state index is 0.519. The highest BCUT2D eigenvalue weighted by atomic mass is 15.3. The van der Waals surface area contributed by atoms with E-state index in [0.717, 1.165) is 31.8 Å². The van der Waals surface area contributed by atoms with Crippen molar-refractivity contribution in [3.05, 3.63) is 12.2 Å². The molecule has 0 radical (unpaired) electrons. The van der Waals surface area contributed by atoms with Gasteiger partial charge in [0.1, 0.15) is 12.2 Å². The topological polar surface area (TPSA) is 56.7 Å². The van der Waals surface area contributed by atoms with Crippen LogP contribution in [-0.4, -0.2) is 21.3 Å². The molecular weight excluding hydrogens is 212 g/mol. The molecule has 0 fully saturated rings. The van der Waals surface area contributed by atoms with Gasteiger partial charge in [-0.15, -0.1) is 10.2 Å². The summed E-state index contributed by atoms with van der Waals surface area (Å²) >= 11 is 0. The summed E-state index contributed by atoms with van der Waals surface area (Å²) in [6.45, 7) is 10.6. The number of hydrogen-bond acceptors (Lipinski definition) is 3. The van der Waals surface area contributed by atoms with E-state index in [1.54, 1.807) is 0 Å². The summed E-state index contributed by atoms with van der Waals surface area (Å²) < 4.78 is 2.16. The maximum atomic E-state index is 5.83. The first-order valence-corrected chi connectivity index (χ1v) is 6.59. The monoisotopic (exact) mass is 238 g/mol. The van der Waals surface area contributed by atoms with Gasteiger partial charge in [-0.3, -0.25) is 0 Å². The van der Waals surface area contributed by atoms with Crippen molar-refractivity contribution < 1.29 is 0 Å². The molecule has 1 unspecified atom stereocenters. The first kappa shape index (κ1) is 14.2. The summed E-state index contributed by atoms with van der Waals surface area (Å²) in [5.41, 5.74) is 5.83. The summed E-state index contributed by atoms with van der Waals surface area (Å²) in [5, 5.41) is 8.24. The van der Waals surface area contributed by atoms with E-state index in [1.165, 1.54) is 0 Å². The largest absolute Gasteiger partial charge is 0.330 e. The van der Waals surface area contributed by atoms with Crippen molar-refractivity contribution in [2.45, 2.75) is 47.1 Å². The van der Waals surface area contributed by atoms with E-state index < -0.39 is 0 Å². The lowest BCUT2D eigenvalue weighted by atomic mass is 9.94. The Labute approximate surface area is 105 Å². The van der Waals surface area contributed by atoms with Gasteiger partial charge in [-0.2, -0.15) is 0 Å². The van der Waals surface area contributed by atoms with E-state index in [0.29, 0.717) is 17.8 Å². The molecule has 0 aliphatic carbocycles. The summed E-state index contributed by atoms with van der Waals surface area (Å²) in [6.07, 6.45) is 3.94. The molecule has 98 valence electrons. The number of nitrogens with zero attached hydrogens (tertiary/aromatic N) is 3. The quantitative estimate of drug-likeness (QED) is 0.791. The van der Waals surface area contributed by atoms with Gasteiger partial charge < -0.3 is 10.3 Å². The molecule has 4 heteroatoms. The van der Waals surface area contributed by atoms with Crippen LogP contribution in [0.5, 0.6) is 0 Å². The molecule has 0 aliphatic rings. The number of nitrogens with two attached hydrogens (primary N) is 1. The normalized spacial score (nSPS) is 13.6. The van der Waals surface area contributed by atoms with Gasteiger partial charge in [-0.05, 0) is 30.7 Å². The minimum Gasteiger partial charge on any atom is -0.330 e. The molecule has 1 rings (SSSR count). The van der Waals surface area contributed by atoms with E-state index in [4.69, 9.17) is 5.73 Å². The van der Waals surface area contributed by atoms with Gasteiger partial charge in [0.2, 0.25) is 0 Å². The van der Waals surface area contributed by atoms with E-state index >= 15 is 0 Å². The van der Waals surface area contributed by atoms with Gasteiger partial charge in [-0.25, -0.2) is 0 Å². The van der Waals surface area contributed by atoms with Crippen molar-refractivity contribution in [1.29, 1.82) is 0 Å². The molecule has 1 aromatic heterocycles. The van der Waals surface area contributed by atoms with Crippen molar-refractivity contribution in [1.82, 2.24) is 14.8 Å². The Kier molecular flexibility index (Phi) is 5.62. The molecule has 1 atom stereocenters. The third kappa shape index (κ3) is 4.86. The highest BCUT2D eigenvalue weighted by Crippen LogP contribution is 2.15. The smallest absolute Gasteiger partial charge is 0.133 e. The average molecular weight is 238 g/mol. The zero-order valence-electron chi connectivity index (χ0n) is 11.6. The molecule has 0 aromatic carbocycles. The van der Waals surface area contributed by atoms with Crippen molar-refractivity contribution in [2.75, 3.05) is 6.54 Å². The Morgan fingerprint density at radius 3 is 2.47 bits per heavy atom. The number of rotatable bonds is 7. The van der Waals surface area contributed by atoms with Gasteiger partial charge in [0.25, 0.3) is 0 Å². The SMILES string of the molecule is CC(C)CC(CN)Cc1nncn1CC(C)C. The lowest BCUT2D eigenvalue weighted by Crippen LogP contribution is -2.21. The molecule has 0 saturated carbocycles. The molecule has 2 N–H and O–H groups in total. The minimum absolute atomic E-state index is 0.519. The average Bonchev–Trinajstić information content (AvgIpc) is 2.63. The zero-order valence-corrected chi connectivity index (χ0v) is 11.6. The Morgan fingerprint density at radius 1 is 1.24 bits per heavy atom. The fourth-order valence-electron chi connectivity index (χ4n) is 2.17. The van der Waals surface area contributed by atoms with Crippen molar-refractivity contribution in [3.8, 4) is 0 Å². The van der Waals surface area contributed by atoms with Crippen LogP contribution in [0.4, 0.5) is 0 Å². The van der Waals surface area contributed by atoms with E-state index in [1.807, 2.05) is 6.33 Å². The van der Waals surface area contributed by atoms with Crippen LogP contribution in [0.15, 0.2) is 6.33 Å². The van der Waals surface area contributed by atoms with Crippen molar-refractivity contribution >= 4 is 0 Å². The molecule has 0 amide bonds. The second kappa shape index (κ2) is 6.74. The lowest BCUT2D eigenvalue weighted by Gasteiger charge is -2.17.